The van der Waals surface area contributed by atoms with Crippen molar-refractivity contribution in [2.45, 2.75) is 6.54 Å². The fourth-order valence-corrected chi connectivity index (χ4v) is 0.959. The van der Waals surface area contributed by atoms with Crippen molar-refractivity contribution < 1.29 is 0 Å². The monoisotopic (exact) mass is 210 g/mol. The zero-order valence-corrected chi connectivity index (χ0v) is 7.74. The molecule has 0 fully saturated rings. The van der Waals surface area contributed by atoms with Crippen LogP contribution in [0.2, 0.25) is 5.15 Å². The van der Waals surface area contributed by atoms with Gasteiger partial charge in [0.1, 0.15) is 0 Å². The van der Waals surface area contributed by atoms with Gasteiger partial charge in [0.05, 0.1) is 11.6 Å². The van der Waals surface area contributed by atoms with E-state index in [0.29, 0.717) is 16.7 Å². The number of halogens is 3. The molecule has 11 heavy (non-hydrogen) atoms. The van der Waals surface area contributed by atoms with Gasteiger partial charge in [-0.1, -0.05) is 34.8 Å². The molecule has 5 heteroatoms. The maximum Gasteiger partial charge on any atom is 0.151 e. The highest BCUT2D eigenvalue weighted by molar-refractivity contribution is 6.36. The first-order valence-corrected chi connectivity index (χ1v) is 4.05. The topological polar surface area (TPSA) is 17.8 Å². The molecule has 0 saturated carbocycles. The van der Waals surface area contributed by atoms with Gasteiger partial charge in [-0.2, -0.15) is 5.10 Å². The second kappa shape index (κ2) is 4.00. The molecule has 0 unspecified atom stereocenters. The van der Waals surface area contributed by atoms with Crippen LogP contribution in [0.4, 0.5) is 0 Å². The number of nitrogens with zero attached hydrogens (tertiary/aromatic N) is 2. The van der Waals surface area contributed by atoms with Crippen molar-refractivity contribution in [2.24, 2.45) is 0 Å². The molecule has 60 valence electrons. The molecule has 0 aromatic carbocycles. The summed E-state index contributed by atoms with van der Waals surface area (Å²) in [5.74, 6) is 0. The van der Waals surface area contributed by atoms with Gasteiger partial charge in [-0.25, -0.2) is 0 Å². The lowest BCUT2D eigenvalue weighted by Crippen LogP contribution is -1.97. The van der Waals surface area contributed by atoms with Gasteiger partial charge >= 0.3 is 0 Å². The molecule has 1 rings (SSSR count). The Hall–Kier alpha value is -0.180. The minimum Gasteiger partial charge on any atom is -0.266 e. The first-order chi connectivity index (χ1) is 5.22. The third kappa shape index (κ3) is 2.73. The Kier molecular flexibility index (Phi) is 3.24. The molecule has 1 heterocycles. The smallest absolute Gasteiger partial charge is 0.151 e. The third-order valence-corrected chi connectivity index (χ3v) is 1.84. The lowest BCUT2D eigenvalue weighted by Gasteiger charge is -1.96. The summed E-state index contributed by atoms with van der Waals surface area (Å²) in [5, 5.41) is 4.86. The van der Waals surface area contributed by atoms with E-state index in [1.54, 1.807) is 16.9 Å². The molecule has 0 bridgehead atoms. The van der Waals surface area contributed by atoms with E-state index in [2.05, 4.69) is 5.10 Å². The van der Waals surface area contributed by atoms with Gasteiger partial charge in [0.15, 0.2) is 5.15 Å². The molecule has 0 aliphatic heterocycles. The fourth-order valence-electron chi connectivity index (χ4n) is 0.614. The minimum absolute atomic E-state index is 0.448. The van der Waals surface area contributed by atoms with E-state index in [4.69, 9.17) is 34.8 Å². The van der Waals surface area contributed by atoms with Crippen LogP contribution in [0, 0.1) is 0 Å². The van der Waals surface area contributed by atoms with Gasteiger partial charge < -0.3 is 0 Å². The van der Waals surface area contributed by atoms with Crippen molar-refractivity contribution >= 4 is 34.8 Å². The summed E-state index contributed by atoms with van der Waals surface area (Å²) in [6, 6.07) is 1.68. The molecule has 0 spiro atoms. The van der Waals surface area contributed by atoms with Gasteiger partial charge in [-0.15, -0.1) is 0 Å². The highest BCUT2D eigenvalue weighted by atomic mass is 35.5. The summed E-state index contributed by atoms with van der Waals surface area (Å²) in [6.45, 7) is 0.456. The summed E-state index contributed by atoms with van der Waals surface area (Å²) in [5.41, 5.74) is 1.30. The normalized spacial score (nSPS) is 12.1. The Morgan fingerprint density at radius 2 is 2.45 bits per heavy atom. The molecular formula is C6H5Cl3N2. The van der Waals surface area contributed by atoms with Crippen molar-refractivity contribution in [1.82, 2.24) is 9.78 Å². The Morgan fingerprint density at radius 3 is 2.91 bits per heavy atom. The molecule has 1 aromatic heterocycles. The molecule has 1 aromatic rings. The van der Waals surface area contributed by atoms with Gasteiger partial charge in [-0.05, 0) is 6.07 Å². The molecule has 0 aliphatic rings. The van der Waals surface area contributed by atoms with Crippen LogP contribution in [0.3, 0.4) is 0 Å². The Balaban J connectivity index is 2.65. The highest BCUT2D eigenvalue weighted by Crippen LogP contribution is 2.08. The first-order valence-electron chi connectivity index (χ1n) is 2.86. The quantitative estimate of drug-likeness (QED) is 0.735. The third-order valence-electron chi connectivity index (χ3n) is 1.04. The lowest BCUT2D eigenvalue weighted by molar-refractivity contribution is 0.695. The van der Waals surface area contributed by atoms with Crippen molar-refractivity contribution in [3.8, 4) is 0 Å². The summed E-state index contributed by atoms with van der Waals surface area (Å²) >= 11 is 16.5. The highest BCUT2D eigenvalue weighted by Gasteiger charge is 1.96. The van der Waals surface area contributed by atoms with Crippen LogP contribution in [0.25, 0.3) is 0 Å². The maximum atomic E-state index is 5.63. The van der Waals surface area contributed by atoms with E-state index in [1.807, 2.05) is 0 Å². The van der Waals surface area contributed by atoms with Crippen LogP contribution in [0.1, 0.15) is 0 Å². The lowest BCUT2D eigenvalue weighted by atomic mass is 10.6. The molecule has 0 radical (unpaired) electrons. The Labute approximate surface area is 79.4 Å². The van der Waals surface area contributed by atoms with Gasteiger partial charge in [0.25, 0.3) is 0 Å². The average molecular weight is 211 g/mol. The van der Waals surface area contributed by atoms with Crippen molar-refractivity contribution in [1.29, 1.82) is 0 Å². The van der Waals surface area contributed by atoms with Crippen LogP contribution in [0.15, 0.2) is 22.8 Å². The average Bonchev–Trinajstić information content (AvgIpc) is 2.35. The number of aromatic nitrogens is 2. The van der Waals surface area contributed by atoms with Crippen molar-refractivity contribution in [3.05, 3.63) is 28.0 Å². The van der Waals surface area contributed by atoms with Gasteiger partial charge in [0, 0.05) is 11.7 Å². The standard InChI is InChI=1S/C6H5Cl3N2/c7-3-5(8)4-11-2-1-6(9)10-11/h1-3H,4H2/b5-3+. The van der Waals surface area contributed by atoms with E-state index in [0.717, 1.165) is 0 Å². The molecule has 0 amide bonds. The molecule has 0 atom stereocenters. The van der Waals surface area contributed by atoms with E-state index >= 15 is 0 Å². The summed E-state index contributed by atoms with van der Waals surface area (Å²) < 4.78 is 1.60. The van der Waals surface area contributed by atoms with Crippen LogP contribution >= 0.6 is 34.8 Å². The predicted octanol–water partition coefficient (Wildman–Crippen LogP) is 2.86. The van der Waals surface area contributed by atoms with E-state index in [-0.39, 0.29) is 0 Å². The number of hydrogen-bond acceptors (Lipinski definition) is 1. The summed E-state index contributed by atoms with van der Waals surface area (Å²) in [6.07, 6.45) is 1.73. The molecule has 0 aliphatic carbocycles. The van der Waals surface area contributed by atoms with E-state index in [1.165, 1.54) is 5.54 Å². The number of allylic oxidation sites excluding steroid dienone is 1. The minimum atomic E-state index is 0.448. The zero-order valence-electron chi connectivity index (χ0n) is 5.47. The molecule has 0 N–H and O–H groups in total. The van der Waals surface area contributed by atoms with E-state index in [9.17, 15) is 0 Å². The summed E-state index contributed by atoms with van der Waals surface area (Å²) in [7, 11) is 0. The van der Waals surface area contributed by atoms with Crippen LogP contribution in [0.5, 0.6) is 0 Å². The predicted molar refractivity (Wildman–Crippen MR) is 47.0 cm³/mol. The number of rotatable bonds is 2. The Morgan fingerprint density at radius 1 is 1.73 bits per heavy atom. The van der Waals surface area contributed by atoms with Gasteiger partial charge in [-0.3, -0.25) is 4.68 Å². The zero-order chi connectivity index (χ0) is 8.27. The number of hydrogen-bond donors (Lipinski definition) is 0. The van der Waals surface area contributed by atoms with Crippen molar-refractivity contribution in [3.63, 3.8) is 0 Å². The second-order valence-electron chi connectivity index (χ2n) is 1.89. The second-order valence-corrected chi connectivity index (χ2v) is 2.98. The SMILES string of the molecule is Cl/C=C(/Cl)Cn1ccc(Cl)n1. The first kappa shape index (κ1) is 8.91. The fraction of sp³-hybridized carbons (Fsp3) is 0.167. The molecule has 2 nitrogen and oxygen atoms in total. The van der Waals surface area contributed by atoms with Crippen LogP contribution < -0.4 is 0 Å². The van der Waals surface area contributed by atoms with Crippen molar-refractivity contribution in [2.75, 3.05) is 0 Å². The Bertz CT molecular complexity index is 267. The van der Waals surface area contributed by atoms with Crippen LogP contribution in [-0.2, 0) is 6.54 Å². The van der Waals surface area contributed by atoms with Crippen LogP contribution in [-0.4, -0.2) is 9.78 Å². The molecule has 0 saturated heterocycles. The summed E-state index contributed by atoms with van der Waals surface area (Å²) in [4.78, 5) is 0. The largest absolute Gasteiger partial charge is 0.266 e. The van der Waals surface area contributed by atoms with E-state index < -0.39 is 0 Å². The molecular weight excluding hydrogens is 206 g/mol. The maximum absolute atomic E-state index is 5.63. The van der Waals surface area contributed by atoms with Gasteiger partial charge in [0.2, 0.25) is 0 Å².